The van der Waals surface area contributed by atoms with Crippen molar-refractivity contribution in [1.29, 1.82) is 0 Å². The number of rotatable bonds is 4. The molecule has 0 saturated carbocycles. The second kappa shape index (κ2) is 9.39. The van der Waals surface area contributed by atoms with Crippen LogP contribution >= 0.6 is 12.4 Å². The van der Waals surface area contributed by atoms with Crippen molar-refractivity contribution in [2.45, 2.75) is 13.3 Å². The molecule has 3 rings (SSSR count). The second-order valence-corrected chi connectivity index (χ2v) is 6.40. The Bertz CT molecular complexity index is 803. The van der Waals surface area contributed by atoms with Crippen LogP contribution in [0.2, 0.25) is 0 Å². The predicted octanol–water partition coefficient (Wildman–Crippen LogP) is 2.65. The standard InChI is InChI=1S/C20H23N3O3.ClH/c1-14-2-5-16(21)13-18(14)20(25)22-17-6-3-15(4-7-17)12-19(24)23-8-10-26-11-9-23;/h2-7,13H,8-12,21H2,1H3,(H,22,25);1H. The van der Waals surface area contributed by atoms with Crippen molar-refractivity contribution in [2.24, 2.45) is 0 Å². The number of hydrogen-bond acceptors (Lipinski definition) is 4. The van der Waals surface area contributed by atoms with Crippen LogP contribution in [0, 0.1) is 6.92 Å². The molecule has 2 aromatic rings. The fraction of sp³-hybridized carbons (Fsp3) is 0.300. The van der Waals surface area contributed by atoms with Crippen molar-refractivity contribution in [3.8, 4) is 0 Å². The van der Waals surface area contributed by atoms with Crippen molar-refractivity contribution in [2.75, 3.05) is 37.4 Å². The van der Waals surface area contributed by atoms with Gasteiger partial charge in [0.15, 0.2) is 0 Å². The SMILES string of the molecule is Cc1ccc(N)cc1C(=O)Nc1ccc(CC(=O)N2CCOCC2)cc1.Cl. The number of nitrogen functional groups attached to an aromatic ring is 1. The van der Waals surface area contributed by atoms with E-state index in [0.717, 1.165) is 11.1 Å². The maximum absolute atomic E-state index is 12.4. The second-order valence-electron chi connectivity index (χ2n) is 6.40. The lowest BCUT2D eigenvalue weighted by Gasteiger charge is -2.26. The molecule has 1 fully saturated rings. The van der Waals surface area contributed by atoms with E-state index in [1.807, 2.05) is 42.2 Å². The molecule has 6 nitrogen and oxygen atoms in total. The van der Waals surface area contributed by atoms with Crippen LogP contribution < -0.4 is 11.1 Å². The Hall–Kier alpha value is -2.57. The van der Waals surface area contributed by atoms with Gasteiger partial charge in [0.1, 0.15) is 0 Å². The number of benzene rings is 2. The molecule has 1 aliphatic rings. The summed E-state index contributed by atoms with van der Waals surface area (Å²) in [4.78, 5) is 26.5. The first-order valence-electron chi connectivity index (χ1n) is 8.65. The zero-order chi connectivity index (χ0) is 18.5. The minimum absolute atomic E-state index is 0. The number of nitrogens with zero attached hydrogens (tertiary/aromatic N) is 1. The lowest BCUT2D eigenvalue weighted by atomic mass is 10.1. The van der Waals surface area contributed by atoms with Gasteiger partial charge >= 0.3 is 0 Å². The van der Waals surface area contributed by atoms with Gasteiger partial charge in [-0.05, 0) is 42.3 Å². The van der Waals surface area contributed by atoms with E-state index in [-0.39, 0.29) is 24.2 Å². The Morgan fingerprint density at radius 1 is 1.11 bits per heavy atom. The Labute approximate surface area is 165 Å². The molecule has 0 unspecified atom stereocenters. The zero-order valence-corrected chi connectivity index (χ0v) is 16.1. The molecule has 1 saturated heterocycles. The molecule has 2 amide bonds. The summed E-state index contributed by atoms with van der Waals surface area (Å²) in [5.41, 5.74) is 9.33. The molecule has 3 N–H and O–H groups in total. The first-order valence-corrected chi connectivity index (χ1v) is 8.65. The van der Waals surface area contributed by atoms with Crippen LogP contribution in [0.3, 0.4) is 0 Å². The van der Waals surface area contributed by atoms with Gasteiger partial charge in [0, 0.05) is 30.0 Å². The quantitative estimate of drug-likeness (QED) is 0.787. The van der Waals surface area contributed by atoms with Gasteiger partial charge in [-0.25, -0.2) is 0 Å². The minimum Gasteiger partial charge on any atom is -0.399 e. The number of morpholine rings is 1. The number of aryl methyl sites for hydroxylation is 1. The highest BCUT2D eigenvalue weighted by Gasteiger charge is 2.17. The molecule has 0 spiro atoms. The molecule has 0 aromatic heterocycles. The average molecular weight is 390 g/mol. The van der Waals surface area contributed by atoms with Crippen LogP contribution in [-0.2, 0) is 16.0 Å². The fourth-order valence-electron chi connectivity index (χ4n) is 2.89. The molecule has 1 heterocycles. The van der Waals surface area contributed by atoms with E-state index >= 15 is 0 Å². The van der Waals surface area contributed by atoms with E-state index < -0.39 is 0 Å². The van der Waals surface area contributed by atoms with E-state index in [1.165, 1.54) is 0 Å². The summed E-state index contributed by atoms with van der Waals surface area (Å²) >= 11 is 0. The van der Waals surface area contributed by atoms with Crippen LogP contribution in [0.25, 0.3) is 0 Å². The largest absolute Gasteiger partial charge is 0.399 e. The monoisotopic (exact) mass is 389 g/mol. The van der Waals surface area contributed by atoms with Crippen LogP contribution in [-0.4, -0.2) is 43.0 Å². The Morgan fingerprint density at radius 2 is 1.78 bits per heavy atom. The van der Waals surface area contributed by atoms with Gasteiger partial charge in [-0.3, -0.25) is 9.59 Å². The molecular formula is C20H24ClN3O3. The highest BCUT2D eigenvalue weighted by molar-refractivity contribution is 6.05. The summed E-state index contributed by atoms with van der Waals surface area (Å²) in [5, 5.41) is 2.86. The van der Waals surface area contributed by atoms with E-state index in [2.05, 4.69) is 5.32 Å². The normalized spacial score (nSPS) is 13.6. The molecule has 0 radical (unpaired) electrons. The van der Waals surface area contributed by atoms with Gasteiger partial charge in [-0.2, -0.15) is 0 Å². The number of anilines is 2. The van der Waals surface area contributed by atoms with Crippen LogP contribution in [0.1, 0.15) is 21.5 Å². The number of nitrogens with two attached hydrogens (primary N) is 1. The molecule has 27 heavy (non-hydrogen) atoms. The lowest BCUT2D eigenvalue weighted by Crippen LogP contribution is -2.41. The predicted molar refractivity (Wildman–Crippen MR) is 108 cm³/mol. The van der Waals surface area contributed by atoms with Gasteiger partial charge < -0.3 is 20.7 Å². The third kappa shape index (κ3) is 5.45. The minimum atomic E-state index is -0.202. The first-order chi connectivity index (χ1) is 12.5. The Morgan fingerprint density at radius 3 is 2.44 bits per heavy atom. The van der Waals surface area contributed by atoms with Crippen molar-refractivity contribution in [1.82, 2.24) is 4.90 Å². The van der Waals surface area contributed by atoms with Crippen molar-refractivity contribution in [3.05, 3.63) is 59.2 Å². The molecule has 0 aliphatic carbocycles. The summed E-state index contributed by atoms with van der Waals surface area (Å²) in [6.45, 7) is 4.36. The summed E-state index contributed by atoms with van der Waals surface area (Å²) in [5.74, 6) is -0.104. The van der Waals surface area contributed by atoms with Gasteiger partial charge in [0.05, 0.1) is 19.6 Å². The van der Waals surface area contributed by atoms with Crippen molar-refractivity contribution < 1.29 is 14.3 Å². The number of hydrogen-bond donors (Lipinski definition) is 2. The number of halogens is 1. The highest BCUT2D eigenvalue weighted by atomic mass is 35.5. The maximum Gasteiger partial charge on any atom is 0.256 e. The number of nitrogens with one attached hydrogen (secondary N) is 1. The zero-order valence-electron chi connectivity index (χ0n) is 15.2. The van der Waals surface area contributed by atoms with Gasteiger partial charge in [-0.1, -0.05) is 18.2 Å². The van der Waals surface area contributed by atoms with Crippen LogP contribution in [0.4, 0.5) is 11.4 Å². The maximum atomic E-state index is 12.4. The topological polar surface area (TPSA) is 84.7 Å². The van der Waals surface area contributed by atoms with Crippen LogP contribution in [0.5, 0.6) is 0 Å². The molecule has 0 atom stereocenters. The Balaban J connectivity index is 0.00000261. The fourth-order valence-corrected chi connectivity index (χ4v) is 2.89. The lowest BCUT2D eigenvalue weighted by molar-refractivity contribution is -0.134. The summed E-state index contributed by atoms with van der Waals surface area (Å²) in [7, 11) is 0. The van der Waals surface area contributed by atoms with Gasteiger partial charge in [-0.15, -0.1) is 12.4 Å². The van der Waals surface area contributed by atoms with Crippen LogP contribution in [0.15, 0.2) is 42.5 Å². The smallest absolute Gasteiger partial charge is 0.256 e. The molecule has 144 valence electrons. The molecule has 0 bridgehead atoms. The highest BCUT2D eigenvalue weighted by Crippen LogP contribution is 2.16. The molecule has 1 aliphatic heterocycles. The van der Waals surface area contributed by atoms with Gasteiger partial charge in [0.25, 0.3) is 5.91 Å². The molecule has 7 heteroatoms. The first kappa shape index (κ1) is 20.7. The number of carbonyl (C=O) groups is 2. The van der Waals surface area contributed by atoms with E-state index in [0.29, 0.717) is 49.7 Å². The third-order valence-corrected chi connectivity index (χ3v) is 4.44. The average Bonchev–Trinajstić information content (AvgIpc) is 2.66. The van der Waals surface area contributed by atoms with E-state index in [9.17, 15) is 9.59 Å². The number of amides is 2. The summed E-state index contributed by atoms with van der Waals surface area (Å²) in [6.07, 6.45) is 0.350. The molecule has 2 aromatic carbocycles. The number of ether oxygens (including phenoxy) is 1. The van der Waals surface area contributed by atoms with E-state index in [1.54, 1.807) is 12.1 Å². The number of carbonyl (C=O) groups excluding carboxylic acids is 2. The third-order valence-electron chi connectivity index (χ3n) is 4.44. The van der Waals surface area contributed by atoms with E-state index in [4.69, 9.17) is 10.5 Å². The van der Waals surface area contributed by atoms with Crippen molar-refractivity contribution in [3.63, 3.8) is 0 Å². The van der Waals surface area contributed by atoms with Gasteiger partial charge in [0.2, 0.25) is 5.91 Å². The Kier molecular flexibility index (Phi) is 7.21. The summed E-state index contributed by atoms with van der Waals surface area (Å²) < 4.78 is 5.26. The molecular weight excluding hydrogens is 366 g/mol. The van der Waals surface area contributed by atoms with Crippen molar-refractivity contribution >= 4 is 35.6 Å². The summed E-state index contributed by atoms with van der Waals surface area (Å²) in [6, 6.07) is 12.6.